The zero-order valence-electron chi connectivity index (χ0n) is 22.6. The van der Waals surface area contributed by atoms with Gasteiger partial charge < -0.3 is 25.0 Å². The smallest absolute Gasteiger partial charge is 0.140 e. The molecule has 7 heteroatoms. The first-order valence-electron chi connectivity index (χ1n) is 13.2. The van der Waals surface area contributed by atoms with Gasteiger partial charge in [-0.3, -0.25) is 0 Å². The van der Waals surface area contributed by atoms with E-state index in [0.717, 1.165) is 81.4 Å². The van der Waals surface area contributed by atoms with E-state index in [9.17, 15) is 4.39 Å². The summed E-state index contributed by atoms with van der Waals surface area (Å²) in [6.45, 7) is 15.5. The first-order valence-corrected chi connectivity index (χ1v) is 13.2. The summed E-state index contributed by atoms with van der Waals surface area (Å²) in [7, 11) is 4.00. The molecule has 0 amide bonds. The van der Waals surface area contributed by atoms with Crippen LogP contribution < -0.4 is 20.8 Å². The number of fused-ring (bicyclic) bond motifs is 3. The van der Waals surface area contributed by atoms with Crippen LogP contribution in [0.2, 0.25) is 0 Å². The second-order valence-corrected chi connectivity index (χ2v) is 10.8. The van der Waals surface area contributed by atoms with Crippen molar-refractivity contribution >= 4 is 34.6 Å². The Morgan fingerprint density at radius 1 is 1.24 bits per heavy atom. The van der Waals surface area contributed by atoms with Gasteiger partial charge in [0.2, 0.25) is 0 Å². The molecule has 0 aromatic carbocycles. The lowest BCUT2D eigenvalue weighted by atomic mass is 9.97. The van der Waals surface area contributed by atoms with Crippen molar-refractivity contribution in [3.8, 4) is 0 Å². The summed E-state index contributed by atoms with van der Waals surface area (Å²) in [5, 5.41) is 5.71. The first kappa shape index (κ1) is 24.5. The Morgan fingerprint density at radius 2 is 2.05 bits per heavy atom. The predicted octanol–water partition coefficient (Wildman–Crippen LogP) is 3.88. The fourth-order valence-electron chi connectivity index (χ4n) is 6.40. The van der Waals surface area contributed by atoms with Crippen molar-refractivity contribution in [2.45, 2.75) is 26.3 Å². The number of aromatic nitrogens is 2. The number of rotatable bonds is 4. The number of nitrogens with zero attached hydrogens (tertiary/aromatic N) is 4. The van der Waals surface area contributed by atoms with Crippen LogP contribution in [0.5, 0.6) is 0 Å². The van der Waals surface area contributed by atoms with Crippen LogP contribution in [0.15, 0.2) is 72.1 Å². The Kier molecular flexibility index (Phi) is 5.91. The summed E-state index contributed by atoms with van der Waals surface area (Å²) in [5.74, 6) is 0.365. The molecule has 0 aliphatic carbocycles. The molecule has 6 rings (SSSR count). The minimum atomic E-state index is -0.273. The second-order valence-electron chi connectivity index (χ2n) is 10.8. The number of halogens is 1. The molecule has 2 aromatic heterocycles. The Hall–Kier alpha value is -3.84. The van der Waals surface area contributed by atoms with E-state index in [-0.39, 0.29) is 5.83 Å². The summed E-state index contributed by atoms with van der Waals surface area (Å²) in [6, 6.07) is 0.432. The summed E-state index contributed by atoms with van der Waals surface area (Å²) in [4.78, 5) is 15.5. The predicted molar refractivity (Wildman–Crippen MR) is 155 cm³/mol. The highest BCUT2D eigenvalue weighted by molar-refractivity contribution is 5.99. The third-order valence-electron chi connectivity index (χ3n) is 8.34. The van der Waals surface area contributed by atoms with E-state index >= 15 is 0 Å². The van der Waals surface area contributed by atoms with Crippen LogP contribution in [0.25, 0.3) is 28.9 Å². The van der Waals surface area contributed by atoms with E-state index in [1.54, 1.807) is 7.05 Å². The summed E-state index contributed by atoms with van der Waals surface area (Å²) < 4.78 is 13.9. The maximum absolute atomic E-state index is 13.9. The number of likely N-dealkylation sites (N-methyl/N-ethyl adjacent to an activating group) is 2. The normalized spacial score (nSPS) is 24.4. The standard InChI is InChI=1S/C31H35FN6/c1-18-7-9-24-10-8-22(16-38(24)21(18)4)25-14-34-31-28(20(3)29(35-31)26(33-5)13-19(2)32)30(25)37-12-11-23-15-36(6)17-27(23)37/h7-10,13-14,16,23,27,33H,3-4,11-12,15,17H2,1-2,5-6H3,(H,34,35)/b19-13+,29-26-. The number of allylic oxidation sites excluding steroid dienone is 7. The van der Waals surface area contributed by atoms with Crippen LogP contribution in [-0.4, -0.2) is 59.5 Å². The molecule has 2 unspecified atom stereocenters. The highest BCUT2D eigenvalue weighted by atomic mass is 19.1. The number of nitrogens with one attached hydrogen (secondary N) is 2. The molecule has 2 saturated heterocycles. The van der Waals surface area contributed by atoms with Gasteiger partial charge in [-0.15, -0.1) is 0 Å². The molecular weight excluding hydrogens is 475 g/mol. The number of likely N-dealkylation sites (tertiary alicyclic amines) is 1. The minimum Gasteiger partial charge on any atom is -0.386 e. The lowest BCUT2D eigenvalue weighted by molar-refractivity contribution is 0.386. The molecule has 4 aliphatic rings. The van der Waals surface area contributed by atoms with Gasteiger partial charge in [-0.1, -0.05) is 25.3 Å². The van der Waals surface area contributed by atoms with E-state index in [1.165, 1.54) is 13.0 Å². The van der Waals surface area contributed by atoms with E-state index in [2.05, 4.69) is 82.6 Å². The molecule has 38 heavy (non-hydrogen) atoms. The van der Waals surface area contributed by atoms with Gasteiger partial charge in [0, 0.05) is 72.9 Å². The summed E-state index contributed by atoms with van der Waals surface area (Å²) >= 11 is 0. The molecule has 0 saturated carbocycles. The molecule has 0 spiro atoms. The van der Waals surface area contributed by atoms with Gasteiger partial charge >= 0.3 is 0 Å². The Bertz CT molecular complexity index is 1610. The van der Waals surface area contributed by atoms with Crippen LogP contribution in [0, 0.1) is 5.92 Å². The van der Waals surface area contributed by atoms with Crippen LogP contribution in [0.3, 0.4) is 0 Å². The molecule has 2 N–H and O–H groups in total. The second kappa shape index (κ2) is 9.17. The number of H-pyrrole nitrogens is 1. The van der Waals surface area contributed by atoms with Crippen molar-refractivity contribution in [1.82, 2.24) is 25.1 Å². The van der Waals surface area contributed by atoms with Gasteiger partial charge in [0.25, 0.3) is 0 Å². The van der Waals surface area contributed by atoms with Crippen molar-refractivity contribution in [2.75, 3.05) is 38.6 Å². The van der Waals surface area contributed by atoms with E-state index < -0.39 is 0 Å². The van der Waals surface area contributed by atoms with Crippen molar-refractivity contribution in [3.05, 3.63) is 88.3 Å². The molecule has 2 atom stereocenters. The first-order chi connectivity index (χ1) is 18.3. The fourth-order valence-corrected chi connectivity index (χ4v) is 6.40. The van der Waals surface area contributed by atoms with Crippen LogP contribution in [0.4, 0.5) is 10.1 Å². The van der Waals surface area contributed by atoms with Gasteiger partial charge in [0.05, 0.1) is 27.9 Å². The summed E-state index contributed by atoms with van der Waals surface area (Å²) in [5.41, 5.74) is 7.94. The van der Waals surface area contributed by atoms with Gasteiger partial charge in [0.1, 0.15) is 5.65 Å². The van der Waals surface area contributed by atoms with Crippen molar-refractivity contribution < 1.29 is 4.39 Å². The Labute approximate surface area is 223 Å². The lowest BCUT2D eigenvalue weighted by Crippen LogP contribution is -2.36. The summed E-state index contributed by atoms with van der Waals surface area (Å²) in [6.07, 6.45) is 15.3. The van der Waals surface area contributed by atoms with Crippen LogP contribution in [-0.2, 0) is 0 Å². The molecule has 2 aromatic rings. The quantitative estimate of drug-likeness (QED) is 0.654. The number of pyridine rings is 1. The topological polar surface area (TPSA) is 50.4 Å². The van der Waals surface area contributed by atoms with E-state index in [0.29, 0.717) is 17.7 Å². The number of anilines is 1. The molecule has 0 bridgehead atoms. The monoisotopic (exact) mass is 510 g/mol. The third-order valence-corrected chi connectivity index (χ3v) is 8.34. The fraction of sp³-hybridized carbons (Fsp3) is 0.323. The Morgan fingerprint density at radius 3 is 2.82 bits per heavy atom. The van der Waals surface area contributed by atoms with Crippen molar-refractivity contribution in [2.24, 2.45) is 5.92 Å². The number of aromatic amines is 1. The van der Waals surface area contributed by atoms with Gasteiger partial charge in [-0.25, -0.2) is 9.37 Å². The molecule has 196 valence electrons. The van der Waals surface area contributed by atoms with E-state index in [1.807, 2.05) is 6.20 Å². The zero-order chi connectivity index (χ0) is 26.7. The SMILES string of the molecule is C=C1C(C)=CC=C2C=CC(c3cnc4[nH]/c(=C(/C=C(\C)F)NC)c(=C)c4c3N3CCC4CN(C)CC43)=CN12. The molecule has 4 aliphatic heterocycles. The van der Waals surface area contributed by atoms with Gasteiger partial charge in [-0.05, 0) is 57.0 Å². The highest BCUT2D eigenvalue weighted by Gasteiger charge is 2.41. The number of hydrogen-bond acceptors (Lipinski definition) is 5. The van der Waals surface area contributed by atoms with Crippen molar-refractivity contribution in [3.63, 3.8) is 0 Å². The lowest BCUT2D eigenvalue weighted by Gasteiger charge is -2.33. The maximum Gasteiger partial charge on any atom is 0.140 e. The largest absolute Gasteiger partial charge is 0.386 e. The van der Waals surface area contributed by atoms with Crippen molar-refractivity contribution in [1.29, 1.82) is 0 Å². The van der Waals surface area contributed by atoms with Gasteiger partial charge in [-0.2, -0.15) is 0 Å². The molecule has 0 radical (unpaired) electrons. The molecule has 6 nitrogen and oxygen atoms in total. The molecule has 6 heterocycles. The molecular formula is C31H35FN6. The zero-order valence-corrected chi connectivity index (χ0v) is 22.6. The van der Waals surface area contributed by atoms with E-state index in [4.69, 9.17) is 4.98 Å². The Balaban J connectivity index is 1.60. The minimum absolute atomic E-state index is 0.273. The van der Waals surface area contributed by atoms with Crippen LogP contribution >= 0.6 is 0 Å². The number of hydrogen-bond donors (Lipinski definition) is 2. The average Bonchev–Trinajstić information content (AvgIpc) is 3.56. The third kappa shape index (κ3) is 3.84. The maximum atomic E-state index is 13.9. The molecule has 2 fully saturated rings. The van der Waals surface area contributed by atoms with Crippen LogP contribution in [0.1, 0.15) is 25.8 Å². The average molecular weight is 511 g/mol. The van der Waals surface area contributed by atoms with Gasteiger partial charge in [0.15, 0.2) is 0 Å². The highest BCUT2D eigenvalue weighted by Crippen LogP contribution is 2.42.